The Labute approximate surface area is 172 Å². The monoisotopic (exact) mass is 470 g/mol. The quantitative estimate of drug-likeness (QED) is 0.715. The van der Waals surface area contributed by atoms with Crippen LogP contribution in [0.25, 0.3) is 0 Å². The number of hydrogen-bond acceptors (Lipinski definition) is 4. The molecule has 0 amide bonds. The maximum absolute atomic E-state index is 13.0. The maximum atomic E-state index is 13.0. The predicted molar refractivity (Wildman–Crippen MR) is 104 cm³/mol. The van der Waals surface area contributed by atoms with E-state index in [4.69, 9.17) is 11.6 Å². The summed E-state index contributed by atoms with van der Waals surface area (Å²) in [6.45, 7) is 3.13. The second-order valence-corrected chi connectivity index (χ2v) is 10.7. The van der Waals surface area contributed by atoms with Gasteiger partial charge in [0.15, 0.2) is 0 Å². The first-order valence-electron chi connectivity index (χ1n) is 8.00. The predicted octanol–water partition coefficient (Wildman–Crippen LogP) is 4.03. The van der Waals surface area contributed by atoms with Crippen molar-refractivity contribution in [3.05, 3.63) is 52.0 Å². The Morgan fingerprint density at radius 1 is 1.00 bits per heavy atom. The van der Waals surface area contributed by atoms with Crippen molar-refractivity contribution in [1.82, 2.24) is 4.31 Å². The van der Waals surface area contributed by atoms with Gasteiger partial charge in [0.05, 0.1) is 21.2 Å². The van der Waals surface area contributed by atoms with Crippen LogP contribution in [0.5, 0.6) is 0 Å². The summed E-state index contributed by atoms with van der Waals surface area (Å²) in [4.78, 5) is -0.939. The molecule has 160 valence electrons. The molecule has 0 saturated carbocycles. The van der Waals surface area contributed by atoms with E-state index in [1.54, 1.807) is 13.8 Å². The highest BCUT2D eigenvalue weighted by molar-refractivity contribution is 7.93. The topological polar surface area (TPSA) is 83.6 Å². The Morgan fingerprint density at radius 2 is 1.59 bits per heavy atom. The molecule has 0 bridgehead atoms. The van der Waals surface area contributed by atoms with Crippen LogP contribution in [0, 0.1) is 13.8 Å². The molecule has 2 aromatic carbocycles. The Morgan fingerprint density at radius 3 is 2.10 bits per heavy atom. The average Bonchev–Trinajstić information content (AvgIpc) is 2.57. The summed E-state index contributed by atoms with van der Waals surface area (Å²) in [6.07, 6.45) is -4.76. The van der Waals surface area contributed by atoms with Gasteiger partial charge in [-0.2, -0.15) is 13.2 Å². The molecule has 0 radical (unpaired) electrons. The van der Waals surface area contributed by atoms with Crippen LogP contribution in [0.15, 0.2) is 40.1 Å². The number of alkyl halides is 3. The molecule has 0 spiro atoms. The summed E-state index contributed by atoms with van der Waals surface area (Å²) in [5.74, 6) is 0. The van der Waals surface area contributed by atoms with Gasteiger partial charge in [0.2, 0.25) is 10.0 Å². The van der Waals surface area contributed by atoms with E-state index in [2.05, 4.69) is 4.72 Å². The Hall–Kier alpha value is -1.82. The van der Waals surface area contributed by atoms with Gasteiger partial charge in [-0.3, -0.25) is 4.72 Å². The van der Waals surface area contributed by atoms with Crippen molar-refractivity contribution in [3.8, 4) is 0 Å². The van der Waals surface area contributed by atoms with E-state index in [1.165, 1.54) is 20.2 Å². The minimum absolute atomic E-state index is 0.0843. The number of nitrogens with one attached hydrogen (secondary N) is 1. The third kappa shape index (κ3) is 4.85. The average molecular weight is 471 g/mol. The zero-order chi connectivity index (χ0) is 22.4. The normalized spacial score (nSPS) is 13.0. The lowest BCUT2D eigenvalue weighted by Crippen LogP contribution is -2.23. The number of halogens is 4. The molecule has 2 aromatic rings. The maximum Gasteiger partial charge on any atom is 0.416 e. The summed E-state index contributed by atoms with van der Waals surface area (Å²) in [5, 5.41) is -0.406. The lowest BCUT2D eigenvalue weighted by Gasteiger charge is -2.18. The molecule has 0 aromatic heterocycles. The van der Waals surface area contributed by atoms with Crippen molar-refractivity contribution in [2.24, 2.45) is 0 Å². The van der Waals surface area contributed by atoms with Crippen molar-refractivity contribution in [1.29, 1.82) is 0 Å². The van der Waals surface area contributed by atoms with Gasteiger partial charge in [-0.05, 0) is 55.3 Å². The van der Waals surface area contributed by atoms with E-state index in [-0.39, 0.29) is 10.6 Å². The van der Waals surface area contributed by atoms with Crippen molar-refractivity contribution in [2.45, 2.75) is 29.8 Å². The lowest BCUT2D eigenvalue weighted by atomic mass is 10.1. The number of hydrogen-bond donors (Lipinski definition) is 1. The molecule has 0 aliphatic carbocycles. The van der Waals surface area contributed by atoms with Crippen LogP contribution in [0.2, 0.25) is 5.02 Å². The minimum Gasteiger partial charge on any atom is -0.279 e. The van der Waals surface area contributed by atoms with E-state index in [1.807, 2.05) is 0 Å². The minimum atomic E-state index is -4.76. The summed E-state index contributed by atoms with van der Waals surface area (Å²) in [5.41, 5.74) is -0.381. The molecule has 0 unspecified atom stereocenters. The van der Waals surface area contributed by atoms with Crippen LogP contribution in [0.4, 0.5) is 18.9 Å². The van der Waals surface area contributed by atoms with Crippen molar-refractivity contribution in [2.75, 3.05) is 18.8 Å². The molecular weight excluding hydrogens is 453 g/mol. The number of aryl methyl sites for hydroxylation is 1. The van der Waals surface area contributed by atoms with Crippen LogP contribution < -0.4 is 4.72 Å². The second-order valence-electron chi connectivity index (χ2n) is 6.45. The van der Waals surface area contributed by atoms with E-state index in [0.717, 1.165) is 16.4 Å². The van der Waals surface area contributed by atoms with Gasteiger partial charge in [0, 0.05) is 14.1 Å². The third-order valence-electron chi connectivity index (χ3n) is 4.21. The summed E-state index contributed by atoms with van der Waals surface area (Å²) in [7, 11) is -5.78. The van der Waals surface area contributed by atoms with Crippen LogP contribution in [0.1, 0.15) is 16.7 Å². The number of rotatable bonds is 5. The first-order valence-corrected chi connectivity index (χ1v) is 11.3. The largest absolute Gasteiger partial charge is 0.416 e. The Kier molecular flexibility index (Phi) is 6.30. The number of sulfonamides is 2. The van der Waals surface area contributed by atoms with Gasteiger partial charge in [-0.1, -0.05) is 11.6 Å². The van der Waals surface area contributed by atoms with E-state index in [9.17, 15) is 30.0 Å². The third-order valence-corrected chi connectivity index (χ3v) is 7.85. The van der Waals surface area contributed by atoms with Gasteiger partial charge in [-0.25, -0.2) is 21.1 Å². The molecule has 2 rings (SSSR count). The van der Waals surface area contributed by atoms with Crippen molar-refractivity contribution >= 4 is 37.3 Å². The fourth-order valence-corrected chi connectivity index (χ4v) is 5.03. The molecular formula is C17H18ClF3N2O4S2. The zero-order valence-corrected chi connectivity index (χ0v) is 18.2. The Bertz CT molecular complexity index is 1160. The van der Waals surface area contributed by atoms with Crippen LogP contribution in [-0.2, 0) is 26.2 Å². The summed E-state index contributed by atoms with van der Waals surface area (Å²) >= 11 is 5.82. The molecule has 12 heteroatoms. The highest BCUT2D eigenvalue weighted by Crippen LogP contribution is 2.35. The molecule has 0 atom stereocenters. The van der Waals surface area contributed by atoms with Gasteiger partial charge in [0.1, 0.15) is 4.90 Å². The van der Waals surface area contributed by atoms with Crippen molar-refractivity contribution < 1.29 is 30.0 Å². The highest BCUT2D eigenvalue weighted by Gasteiger charge is 2.33. The SMILES string of the molecule is Cc1cc(S(=O)(=O)N(C)C)cc(NS(=O)(=O)c2cc(C(F)(F)F)ccc2Cl)c1C. The smallest absolute Gasteiger partial charge is 0.279 e. The molecule has 0 aliphatic heterocycles. The summed E-state index contributed by atoms with van der Waals surface area (Å²) in [6, 6.07) is 4.41. The zero-order valence-electron chi connectivity index (χ0n) is 15.8. The number of anilines is 1. The van der Waals surface area contributed by atoms with E-state index < -0.39 is 41.7 Å². The molecule has 0 fully saturated rings. The lowest BCUT2D eigenvalue weighted by molar-refractivity contribution is -0.137. The first-order chi connectivity index (χ1) is 13.1. The fraction of sp³-hybridized carbons (Fsp3) is 0.294. The Balaban J connectivity index is 2.61. The standard InChI is InChI=1S/C17H18ClF3N2O4S2/c1-10-7-13(29(26,27)23(3)4)9-15(11(10)2)22-28(24,25)16-8-12(17(19,20)21)5-6-14(16)18/h5-9,22H,1-4H3. The number of benzene rings is 2. The van der Waals surface area contributed by atoms with Gasteiger partial charge in [0.25, 0.3) is 10.0 Å². The van der Waals surface area contributed by atoms with Gasteiger partial charge >= 0.3 is 6.18 Å². The van der Waals surface area contributed by atoms with Gasteiger partial charge in [-0.15, -0.1) is 0 Å². The molecule has 6 nitrogen and oxygen atoms in total. The molecule has 0 heterocycles. The fourth-order valence-electron chi connectivity index (χ4n) is 2.38. The summed E-state index contributed by atoms with van der Waals surface area (Å²) < 4.78 is 92.3. The van der Waals surface area contributed by atoms with Crippen LogP contribution in [-0.4, -0.2) is 35.2 Å². The number of nitrogens with zero attached hydrogens (tertiary/aromatic N) is 1. The van der Waals surface area contributed by atoms with Crippen LogP contribution in [0.3, 0.4) is 0 Å². The molecule has 1 N–H and O–H groups in total. The molecule has 29 heavy (non-hydrogen) atoms. The molecule has 0 saturated heterocycles. The van der Waals surface area contributed by atoms with E-state index in [0.29, 0.717) is 23.3 Å². The van der Waals surface area contributed by atoms with Gasteiger partial charge < -0.3 is 0 Å². The second kappa shape index (κ2) is 7.78. The van der Waals surface area contributed by atoms with E-state index >= 15 is 0 Å². The van der Waals surface area contributed by atoms with Crippen molar-refractivity contribution in [3.63, 3.8) is 0 Å². The first kappa shape index (κ1) is 23.5. The highest BCUT2D eigenvalue weighted by atomic mass is 35.5. The van der Waals surface area contributed by atoms with Crippen LogP contribution >= 0.6 is 11.6 Å². The molecule has 0 aliphatic rings.